The van der Waals surface area contributed by atoms with Crippen molar-refractivity contribution in [3.63, 3.8) is 0 Å². The zero-order valence-corrected chi connectivity index (χ0v) is 13.2. The van der Waals surface area contributed by atoms with Gasteiger partial charge in [0.1, 0.15) is 11.9 Å². The first-order valence-corrected chi connectivity index (χ1v) is 7.32. The van der Waals surface area contributed by atoms with Crippen LogP contribution in [-0.4, -0.2) is 25.7 Å². The summed E-state index contributed by atoms with van der Waals surface area (Å²) in [6, 6.07) is 7.94. The predicted molar refractivity (Wildman–Crippen MR) is 82.1 cm³/mol. The molecule has 5 heteroatoms. The maximum atomic E-state index is 11.6. The Morgan fingerprint density at radius 2 is 2.14 bits per heavy atom. The Bertz CT molecular complexity index is 539. The van der Waals surface area contributed by atoms with Gasteiger partial charge in [-0.1, -0.05) is 23.7 Å². The molecule has 0 saturated carbocycles. The van der Waals surface area contributed by atoms with Gasteiger partial charge in [0.15, 0.2) is 0 Å². The van der Waals surface area contributed by atoms with Crippen molar-refractivity contribution in [2.75, 3.05) is 13.7 Å². The van der Waals surface area contributed by atoms with Crippen molar-refractivity contribution in [1.82, 2.24) is 5.32 Å². The van der Waals surface area contributed by atoms with Crippen molar-refractivity contribution < 1.29 is 14.3 Å². The van der Waals surface area contributed by atoms with E-state index in [2.05, 4.69) is 12.2 Å². The lowest BCUT2D eigenvalue weighted by molar-refractivity contribution is -0.136. The first kappa shape index (κ1) is 15.9. The van der Waals surface area contributed by atoms with Crippen LogP contribution in [0.2, 0.25) is 5.02 Å². The van der Waals surface area contributed by atoms with Gasteiger partial charge >= 0.3 is 5.97 Å². The molecule has 1 N–H and O–H groups in total. The first-order valence-electron chi connectivity index (χ1n) is 6.94. The molecule has 2 unspecified atom stereocenters. The molecule has 1 aromatic rings. The molecule has 1 aliphatic heterocycles. The van der Waals surface area contributed by atoms with E-state index in [0.29, 0.717) is 24.3 Å². The molecule has 0 bridgehead atoms. The summed E-state index contributed by atoms with van der Waals surface area (Å²) >= 11 is 5.88. The Balaban J connectivity index is 1.85. The summed E-state index contributed by atoms with van der Waals surface area (Å²) in [6.45, 7) is 4.55. The Hall–Kier alpha value is -1.52. The highest BCUT2D eigenvalue weighted by Gasteiger charge is 2.28. The Morgan fingerprint density at radius 1 is 1.48 bits per heavy atom. The van der Waals surface area contributed by atoms with Crippen LogP contribution in [0.15, 0.2) is 35.6 Å². The number of carbonyl (C=O) groups excluding carboxylic acids is 1. The quantitative estimate of drug-likeness (QED) is 0.848. The van der Waals surface area contributed by atoms with Crippen molar-refractivity contribution in [2.24, 2.45) is 0 Å². The van der Waals surface area contributed by atoms with Crippen molar-refractivity contribution in [3.8, 4) is 0 Å². The lowest BCUT2D eigenvalue weighted by Crippen LogP contribution is -2.29. The number of allylic oxidation sites excluding steroid dienone is 1. The first-order chi connectivity index (χ1) is 10.0. The summed E-state index contributed by atoms with van der Waals surface area (Å²) < 4.78 is 10.4. The number of hydrogen-bond acceptors (Lipinski definition) is 4. The average molecular weight is 310 g/mol. The summed E-state index contributed by atoms with van der Waals surface area (Å²) in [5, 5.41) is 4.14. The zero-order valence-electron chi connectivity index (χ0n) is 12.5. The molecule has 0 fully saturated rings. The van der Waals surface area contributed by atoms with Crippen molar-refractivity contribution in [1.29, 1.82) is 0 Å². The van der Waals surface area contributed by atoms with Crippen LogP contribution in [0.1, 0.15) is 31.9 Å². The van der Waals surface area contributed by atoms with E-state index in [-0.39, 0.29) is 18.1 Å². The summed E-state index contributed by atoms with van der Waals surface area (Å²) in [7, 11) is 1.39. The molecule has 114 valence electrons. The summed E-state index contributed by atoms with van der Waals surface area (Å²) in [5.74, 6) is 0.355. The Morgan fingerprint density at radius 3 is 2.76 bits per heavy atom. The zero-order chi connectivity index (χ0) is 15.4. The SMILES string of the molecule is COC(=O)C1=C(C)OC(CNC(C)c2ccc(Cl)cc2)C1. The minimum absolute atomic E-state index is 0.0335. The molecular formula is C16H20ClNO3. The molecule has 1 aromatic carbocycles. The van der Waals surface area contributed by atoms with E-state index in [9.17, 15) is 4.79 Å². The number of carbonyl (C=O) groups is 1. The smallest absolute Gasteiger partial charge is 0.337 e. The van der Waals surface area contributed by atoms with Crippen LogP contribution < -0.4 is 5.32 Å². The Kier molecular flexibility index (Phi) is 5.26. The molecule has 21 heavy (non-hydrogen) atoms. The second-order valence-electron chi connectivity index (χ2n) is 5.15. The molecule has 0 spiro atoms. The third-order valence-electron chi connectivity index (χ3n) is 3.65. The van der Waals surface area contributed by atoms with E-state index in [1.54, 1.807) is 6.92 Å². The standard InChI is InChI=1S/C16H20ClNO3/c1-10(12-4-6-13(17)7-5-12)18-9-14-8-15(11(2)21-14)16(19)20-3/h4-7,10,14,18H,8-9H2,1-3H3. The molecule has 1 aliphatic rings. The molecule has 4 nitrogen and oxygen atoms in total. The fourth-order valence-electron chi connectivity index (χ4n) is 2.38. The van der Waals surface area contributed by atoms with Crippen LogP contribution in [0.3, 0.4) is 0 Å². The fraction of sp³-hybridized carbons (Fsp3) is 0.438. The monoisotopic (exact) mass is 309 g/mol. The van der Waals surface area contributed by atoms with Gasteiger partial charge in [0.2, 0.25) is 0 Å². The summed E-state index contributed by atoms with van der Waals surface area (Å²) in [5.41, 5.74) is 1.79. The van der Waals surface area contributed by atoms with E-state index >= 15 is 0 Å². The molecule has 0 amide bonds. The molecule has 2 atom stereocenters. The minimum Gasteiger partial charge on any atom is -0.493 e. The van der Waals surface area contributed by atoms with E-state index in [1.165, 1.54) is 7.11 Å². The molecule has 0 radical (unpaired) electrons. The van der Waals surface area contributed by atoms with Gasteiger partial charge in [-0.3, -0.25) is 0 Å². The lowest BCUT2D eigenvalue weighted by Gasteiger charge is -2.18. The van der Waals surface area contributed by atoms with Gasteiger partial charge in [0, 0.05) is 24.0 Å². The number of ether oxygens (including phenoxy) is 2. The molecule has 2 rings (SSSR count). The lowest BCUT2D eigenvalue weighted by atomic mass is 10.1. The van der Waals surface area contributed by atoms with Crippen LogP contribution in [-0.2, 0) is 14.3 Å². The topological polar surface area (TPSA) is 47.6 Å². The van der Waals surface area contributed by atoms with Crippen molar-refractivity contribution in [3.05, 3.63) is 46.2 Å². The van der Waals surface area contributed by atoms with Crippen LogP contribution in [0.4, 0.5) is 0 Å². The number of hydrogen-bond donors (Lipinski definition) is 1. The number of methoxy groups -OCH3 is 1. The van der Waals surface area contributed by atoms with Crippen LogP contribution in [0, 0.1) is 0 Å². The predicted octanol–water partition coefficient (Wildman–Crippen LogP) is 3.23. The van der Waals surface area contributed by atoms with Gasteiger partial charge < -0.3 is 14.8 Å². The maximum Gasteiger partial charge on any atom is 0.337 e. The Labute approximate surface area is 130 Å². The normalized spacial score (nSPS) is 19.3. The third-order valence-corrected chi connectivity index (χ3v) is 3.91. The maximum absolute atomic E-state index is 11.6. The highest BCUT2D eigenvalue weighted by Crippen LogP contribution is 2.26. The van der Waals surface area contributed by atoms with Gasteiger partial charge in [0.05, 0.1) is 12.7 Å². The van der Waals surface area contributed by atoms with Crippen LogP contribution >= 0.6 is 11.6 Å². The summed E-state index contributed by atoms with van der Waals surface area (Å²) in [6.07, 6.45) is 0.549. The van der Waals surface area contributed by atoms with E-state index < -0.39 is 0 Å². The average Bonchev–Trinajstić information content (AvgIpc) is 2.86. The third kappa shape index (κ3) is 3.99. The van der Waals surface area contributed by atoms with Gasteiger partial charge in [-0.05, 0) is 31.5 Å². The largest absolute Gasteiger partial charge is 0.493 e. The van der Waals surface area contributed by atoms with Gasteiger partial charge in [-0.15, -0.1) is 0 Å². The van der Waals surface area contributed by atoms with Crippen LogP contribution in [0.5, 0.6) is 0 Å². The van der Waals surface area contributed by atoms with Crippen molar-refractivity contribution in [2.45, 2.75) is 32.4 Å². The van der Waals surface area contributed by atoms with Gasteiger partial charge in [-0.25, -0.2) is 4.79 Å². The van der Waals surface area contributed by atoms with E-state index in [4.69, 9.17) is 21.1 Å². The molecule has 1 heterocycles. The second kappa shape index (κ2) is 6.96. The fourth-order valence-corrected chi connectivity index (χ4v) is 2.50. The highest BCUT2D eigenvalue weighted by atomic mass is 35.5. The number of nitrogens with one attached hydrogen (secondary N) is 1. The van der Waals surface area contributed by atoms with Gasteiger partial charge in [0.25, 0.3) is 0 Å². The van der Waals surface area contributed by atoms with Crippen LogP contribution in [0.25, 0.3) is 0 Å². The number of halogens is 1. The molecule has 0 aliphatic carbocycles. The van der Waals surface area contributed by atoms with E-state index in [0.717, 1.165) is 10.6 Å². The second-order valence-corrected chi connectivity index (χ2v) is 5.59. The van der Waals surface area contributed by atoms with E-state index in [1.807, 2.05) is 24.3 Å². The number of benzene rings is 1. The minimum atomic E-state index is -0.305. The van der Waals surface area contributed by atoms with Crippen molar-refractivity contribution >= 4 is 17.6 Å². The number of rotatable bonds is 5. The molecule has 0 saturated heterocycles. The molecular weight excluding hydrogens is 290 g/mol. The number of esters is 1. The molecule has 0 aromatic heterocycles. The van der Waals surface area contributed by atoms with Gasteiger partial charge in [-0.2, -0.15) is 0 Å². The highest BCUT2D eigenvalue weighted by molar-refractivity contribution is 6.30. The summed E-state index contributed by atoms with van der Waals surface area (Å²) in [4.78, 5) is 11.6.